The summed E-state index contributed by atoms with van der Waals surface area (Å²) in [7, 11) is 0. The number of aliphatic carboxylic acids is 1. The van der Waals surface area contributed by atoms with Crippen molar-refractivity contribution in [2.45, 2.75) is 52.0 Å². The third-order valence-corrected chi connectivity index (χ3v) is 4.62. The Morgan fingerprint density at radius 3 is 2.50 bits per heavy atom. The maximum Gasteiger partial charge on any atom is 0.309 e. The minimum atomic E-state index is -1.07. The smallest absolute Gasteiger partial charge is 0.309 e. The number of amides is 1. The lowest BCUT2D eigenvalue weighted by atomic mass is 9.89. The molecule has 0 aliphatic rings. The van der Waals surface area contributed by atoms with E-state index in [9.17, 15) is 9.59 Å². The second-order valence-corrected chi connectivity index (χ2v) is 7.93. The van der Waals surface area contributed by atoms with E-state index in [1.54, 1.807) is 13.8 Å². The molecule has 22 heavy (non-hydrogen) atoms. The molecular formula is C17H25NO3S. The van der Waals surface area contributed by atoms with Crippen molar-refractivity contribution >= 4 is 29.3 Å². The van der Waals surface area contributed by atoms with Gasteiger partial charge in [-0.2, -0.15) is 11.8 Å². The van der Waals surface area contributed by atoms with Crippen LogP contribution < -0.4 is 5.32 Å². The Balaban J connectivity index is 2.79. The molecule has 1 aromatic rings. The summed E-state index contributed by atoms with van der Waals surface area (Å²) in [5.41, 5.74) is 1.92. The summed E-state index contributed by atoms with van der Waals surface area (Å²) >= 11 is 1.85. The number of hydrogen-bond donors (Lipinski definition) is 2. The van der Waals surface area contributed by atoms with Crippen molar-refractivity contribution in [1.82, 2.24) is 0 Å². The molecule has 0 saturated carbocycles. The molecule has 0 saturated heterocycles. The van der Waals surface area contributed by atoms with Gasteiger partial charge in [-0.3, -0.25) is 9.59 Å². The Labute approximate surface area is 136 Å². The number of carboxylic acids is 1. The Morgan fingerprint density at radius 1 is 1.32 bits per heavy atom. The zero-order valence-electron chi connectivity index (χ0n) is 13.9. The van der Waals surface area contributed by atoms with Crippen LogP contribution in [0.25, 0.3) is 0 Å². The van der Waals surface area contributed by atoms with Crippen LogP contribution in [0.1, 0.15) is 45.2 Å². The number of carboxylic acid groups (broad SMARTS) is 1. The van der Waals surface area contributed by atoms with Crippen molar-refractivity contribution < 1.29 is 14.7 Å². The fourth-order valence-corrected chi connectivity index (χ4v) is 2.73. The lowest BCUT2D eigenvalue weighted by molar-refractivity contribution is -0.148. The van der Waals surface area contributed by atoms with E-state index in [2.05, 4.69) is 25.2 Å². The molecule has 0 aliphatic carbocycles. The Hall–Kier alpha value is -1.49. The molecule has 0 radical (unpaired) electrons. The van der Waals surface area contributed by atoms with E-state index in [0.717, 1.165) is 17.0 Å². The topological polar surface area (TPSA) is 66.4 Å². The number of anilines is 1. The molecule has 0 bridgehead atoms. The van der Waals surface area contributed by atoms with Crippen LogP contribution in [-0.2, 0) is 15.3 Å². The highest BCUT2D eigenvalue weighted by molar-refractivity contribution is 7.99. The summed E-state index contributed by atoms with van der Waals surface area (Å²) < 4.78 is 0. The average molecular weight is 323 g/mol. The molecule has 0 spiro atoms. The molecule has 0 fully saturated rings. The highest BCUT2D eigenvalue weighted by Crippen LogP contribution is 2.26. The number of hydrogen-bond acceptors (Lipinski definition) is 3. The van der Waals surface area contributed by atoms with Gasteiger partial charge in [0.05, 0.1) is 5.41 Å². The molecule has 0 aromatic heterocycles. The average Bonchev–Trinajstić information content (AvgIpc) is 2.38. The SMILES string of the molecule is Cc1c(CSC(C)C)cccc1NC(=O)CC(C)(C)C(=O)O. The van der Waals surface area contributed by atoms with Gasteiger partial charge in [0, 0.05) is 17.9 Å². The van der Waals surface area contributed by atoms with Gasteiger partial charge in [0.25, 0.3) is 0 Å². The van der Waals surface area contributed by atoms with Gasteiger partial charge in [0.2, 0.25) is 5.91 Å². The Morgan fingerprint density at radius 2 is 1.95 bits per heavy atom. The van der Waals surface area contributed by atoms with Crippen LogP contribution in [0.15, 0.2) is 18.2 Å². The fourth-order valence-electron chi connectivity index (χ4n) is 1.90. The maximum absolute atomic E-state index is 12.1. The lowest BCUT2D eigenvalue weighted by Gasteiger charge is -2.19. The lowest BCUT2D eigenvalue weighted by Crippen LogP contribution is -2.29. The first-order chi connectivity index (χ1) is 10.1. The molecule has 0 heterocycles. The van der Waals surface area contributed by atoms with Crippen molar-refractivity contribution in [1.29, 1.82) is 0 Å². The first-order valence-electron chi connectivity index (χ1n) is 7.37. The van der Waals surface area contributed by atoms with Crippen molar-refractivity contribution in [2.24, 2.45) is 5.41 Å². The van der Waals surface area contributed by atoms with Crippen molar-refractivity contribution in [3.05, 3.63) is 29.3 Å². The maximum atomic E-state index is 12.1. The Kier molecular flexibility index (Phi) is 6.48. The molecule has 1 rings (SSSR count). The predicted molar refractivity (Wildman–Crippen MR) is 92.3 cm³/mol. The zero-order chi connectivity index (χ0) is 16.9. The number of benzene rings is 1. The molecule has 2 N–H and O–H groups in total. The normalized spacial score (nSPS) is 11.5. The van der Waals surface area contributed by atoms with Gasteiger partial charge in [-0.05, 0) is 43.2 Å². The summed E-state index contributed by atoms with van der Waals surface area (Å²) in [5.74, 6) is -0.348. The molecule has 0 unspecified atom stereocenters. The van der Waals surface area contributed by atoms with E-state index < -0.39 is 11.4 Å². The first kappa shape index (κ1) is 18.6. The van der Waals surface area contributed by atoms with Crippen LogP contribution in [0.2, 0.25) is 0 Å². The zero-order valence-corrected chi connectivity index (χ0v) is 14.7. The number of rotatable bonds is 7. The minimum Gasteiger partial charge on any atom is -0.481 e. The summed E-state index contributed by atoms with van der Waals surface area (Å²) in [5, 5.41) is 12.5. The van der Waals surface area contributed by atoms with E-state index in [4.69, 9.17) is 5.11 Å². The summed E-state index contributed by atoms with van der Waals surface area (Å²) in [6, 6.07) is 5.83. The number of thioether (sulfide) groups is 1. The van der Waals surface area contributed by atoms with Crippen LogP contribution in [0, 0.1) is 12.3 Å². The van der Waals surface area contributed by atoms with Crippen molar-refractivity contribution in [2.75, 3.05) is 5.32 Å². The van der Waals surface area contributed by atoms with Gasteiger partial charge >= 0.3 is 5.97 Å². The predicted octanol–water partition coefficient (Wildman–Crippen LogP) is 4.08. The monoisotopic (exact) mass is 323 g/mol. The standard InChI is InChI=1S/C17H25NO3S/c1-11(2)22-10-13-7-6-8-14(12(13)3)18-15(19)9-17(4,5)16(20)21/h6-8,11H,9-10H2,1-5H3,(H,18,19)(H,20,21). The highest BCUT2D eigenvalue weighted by atomic mass is 32.2. The Bertz CT molecular complexity index is 553. The molecule has 0 atom stereocenters. The van der Waals surface area contributed by atoms with Gasteiger partial charge in [0.1, 0.15) is 0 Å². The quantitative estimate of drug-likeness (QED) is 0.793. The molecule has 5 heteroatoms. The van der Waals surface area contributed by atoms with E-state index >= 15 is 0 Å². The van der Waals surface area contributed by atoms with Crippen LogP contribution >= 0.6 is 11.8 Å². The molecule has 1 aromatic carbocycles. The van der Waals surface area contributed by atoms with Crippen LogP contribution in [0.5, 0.6) is 0 Å². The second kappa shape index (κ2) is 7.68. The third kappa shape index (κ3) is 5.37. The molecule has 0 aliphatic heterocycles. The van der Waals surface area contributed by atoms with Crippen LogP contribution in [-0.4, -0.2) is 22.2 Å². The number of carbonyl (C=O) groups is 2. The van der Waals surface area contributed by atoms with Crippen molar-refractivity contribution in [3.63, 3.8) is 0 Å². The fraction of sp³-hybridized carbons (Fsp3) is 0.529. The molecular weight excluding hydrogens is 298 g/mol. The second-order valence-electron chi connectivity index (χ2n) is 6.36. The van der Waals surface area contributed by atoms with E-state index in [1.807, 2.05) is 30.8 Å². The highest BCUT2D eigenvalue weighted by Gasteiger charge is 2.30. The number of nitrogens with one attached hydrogen (secondary N) is 1. The van der Waals surface area contributed by atoms with Gasteiger partial charge in [-0.25, -0.2) is 0 Å². The van der Waals surface area contributed by atoms with Gasteiger partial charge in [0.15, 0.2) is 0 Å². The van der Waals surface area contributed by atoms with E-state index in [1.165, 1.54) is 5.56 Å². The van der Waals surface area contributed by atoms with Crippen LogP contribution in [0.3, 0.4) is 0 Å². The summed E-state index contributed by atoms with van der Waals surface area (Å²) in [4.78, 5) is 23.2. The third-order valence-electron chi connectivity index (χ3n) is 3.47. The minimum absolute atomic E-state index is 0.0489. The molecule has 122 valence electrons. The number of carbonyl (C=O) groups excluding carboxylic acids is 1. The largest absolute Gasteiger partial charge is 0.481 e. The van der Waals surface area contributed by atoms with Crippen molar-refractivity contribution in [3.8, 4) is 0 Å². The molecule has 4 nitrogen and oxygen atoms in total. The summed E-state index contributed by atoms with van der Waals surface area (Å²) in [6.45, 7) is 9.39. The van der Waals surface area contributed by atoms with Gasteiger partial charge in [-0.15, -0.1) is 0 Å². The summed E-state index contributed by atoms with van der Waals surface area (Å²) in [6.07, 6.45) is -0.0489. The van der Waals surface area contributed by atoms with Gasteiger partial charge < -0.3 is 10.4 Å². The first-order valence-corrected chi connectivity index (χ1v) is 8.41. The van der Waals surface area contributed by atoms with Gasteiger partial charge in [-0.1, -0.05) is 26.0 Å². The van der Waals surface area contributed by atoms with E-state index in [-0.39, 0.29) is 12.3 Å². The van der Waals surface area contributed by atoms with E-state index in [0.29, 0.717) is 5.25 Å². The molecule has 1 amide bonds. The van der Waals surface area contributed by atoms with Crippen LogP contribution in [0.4, 0.5) is 5.69 Å².